The highest BCUT2D eigenvalue weighted by Crippen LogP contribution is 2.48. The van der Waals surface area contributed by atoms with Gasteiger partial charge in [0.2, 0.25) is 0 Å². The van der Waals surface area contributed by atoms with Crippen LogP contribution in [0.15, 0.2) is 0 Å². The van der Waals surface area contributed by atoms with Crippen molar-refractivity contribution in [2.75, 3.05) is 33.4 Å². The monoisotopic (exact) mass is 363 g/mol. The smallest absolute Gasteiger partial charge is 0.458 e. The van der Waals surface area contributed by atoms with Gasteiger partial charge in [0, 0.05) is 32.2 Å². The van der Waals surface area contributed by atoms with Gasteiger partial charge in [-0.3, -0.25) is 0 Å². The van der Waals surface area contributed by atoms with E-state index in [-0.39, 0.29) is 32.5 Å². The van der Waals surface area contributed by atoms with Crippen LogP contribution in [-0.2, 0) is 14.3 Å². The third-order valence-electron chi connectivity index (χ3n) is 4.83. The van der Waals surface area contributed by atoms with E-state index in [1.165, 1.54) is 0 Å². The molecule has 4 nitrogen and oxygen atoms in total. The second kappa shape index (κ2) is 6.36. The molecule has 0 atom stereocenters. The van der Waals surface area contributed by atoms with Crippen LogP contribution in [0.1, 0.15) is 25.7 Å². The first-order valence-electron chi connectivity index (χ1n) is 7.51. The molecule has 0 aromatic carbocycles. The van der Waals surface area contributed by atoms with Gasteiger partial charge in [-0.1, -0.05) is 0 Å². The van der Waals surface area contributed by atoms with Gasteiger partial charge in [-0.2, -0.15) is 26.3 Å². The Labute approximate surface area is 135 Å². The van der Waals surface area contributed by atoms with Gasteiger partial charge in [-0.25, -0.2) is 4.79 Å². The van der Waals surface area contributed by atoms with Crippen LogP contribution in [0, 0.1) is 5.41 Å². The summed E-state index contributed by atoms with van der Waals surface area (Å²) in [5.74, 6) is -2.23. The van der Waals surface area contributed by atoms with Crippen LogP contribution in [0.5, 0.6) is 0 Å². The minimum absolute atomic E-state index is 0.127. The van der Waals surface area contributed by atoms with Crippen molar-refractivity contribution in [1.82, 2.24) is 4.90 Å². The SMILES string of the molecule is COC1(C(F)(F)F)CCN(CC2(COC(=O)C(F)(F)F)CC2)CC1. The van der Waals surface area contributed by atoms with Gasteiger partial charge < -0.3 is 14.4 Å². The first-order chi connectivity index (χ1) is 10.9. The molecule has 0 unspecified atom stereocenters. The van der Waals surface area contributed by atoms with Gasteiger partial charge in [0.25, 0.3) is 0 Å². The summed E-state index contributed by atoms with van der Waals surface area (Å²) in [4.78, 5) is 12.5. The fourth-order valence-corrected chi connectivity index (χ4v) is 2.98. The van der Waals surface area contributed by atoms with Crippen molar-refractivity contribution in [1.29, 1.82) is 0 Å². The number of carbonyl (C=O) groups excluding carboxylic acids is 1. The minimum Gasteiger partial charge on any atom is -0.458 e. The van der Waals surface area contributed by atoms with E-state index < -0.39 is 29.3 Å². The average molecular weight is 363 g/mol. The van der Waals surface area contributed by atoms with Gasteiger partial charge in [0.1, 0.15) is 0 Å². The highest BCUT2D eigenvalue weighted by molar-refractivity contribution is 5.75. The number of hydrogen-bond acceptors (Lipinski definition) is 4. The molecule has 2 aliphatic rings. The number of halogens is 6. The minimum atomic E-state index is -5.04. The van der Waals surface area contributed by atoms with Crippen LogP contribution in [0.3, 0.4) is 0 Å². The van der Waals surface area contributed by atoms with Crippen LogP contribution in [0.4, 0.5) is 26.3 Å². The first kappa shape index (κ1) is 19.3. The molecule has 0 N–H and O–H groups in total. The molecule has 10 heteroatoms. The number of carbonyl (C=O) groups is 1. The van der Waals surface area contributed by atoms with Crippen molar-refractivity contribution in [3.63, 3.8) is 0 Å². The fourth-order valence-electron chi connectivity index (χ4n) is 2.98. The van der Waals surface area contributed by atoms with E-state index in [2.05, 4.69) is 4.74 Å². The molecule has 0 amide bonds. The van der Waals surface area contributed by atoms with E-state index in [4.69, 9.17) is 4.74 Å². The van der Waals surface area contributed by atoms with E-state index >= 15 is 0 Å². The number of hydrogen-bond donors (Lipinski definition) is 0. The Balaban J connectivity index is 1.84. The van der Waals surface area contributed by atoms with Crippen LogP contribution in [0.25, 0.3) is 0 Å². The zero-order valence-electron chi connectivity index (χ0n) is 13.1. The Kier molecular flexibility index (Phi) is 5.11. The molecule has 1 saturated heterocycles. The van der Waals surface area contributed by atoms with Gasteiger partial charge in [-0.05, 0) is 25.7 Å². The van der Waals surface area contributed by atoms with Gasteiger partial charge >= 0.3 is 18.3 Å². The predicted molar refractivity (Wildman–Crippen MR) is 70.2 cm³/mol. The highest BCUT2D eigenvalue weighted by atomic mass is 19.4. The Morgan fingerprint density at radius 3 is 1.96 bits per heavy atom. The Morgan fingerprint density at radius 1 is 1.04 bits per heavy atom. The number of likely N-dealkylation sites (tertiary alicyclic amines) is 1. The molecule has 0 spiro atoms. The summed E-state index contributed by atoms with van der Waals surface area (Å²) in [5, 5.41) is 0. The summed E-state index contributed by atoms with van der Waals surface area (Å²) in [5.41, 5.74) is -2.74. The molecule has 0 radical (unpaired) electrons. The lowest BCUT2D eigenvalue weighted by Gasteiger charge is -2.42. The number of rotatable bonds is 5. The standard InChI is InChI=1S/C14H19F6NO3/c1-23-12(14(18,19)20)4-6-21(7-5-12)8-11(2-3-11)9-24-10(22)13(15,16)17/h2-9H2,1H3. The zero-order chi connectivity index (χ0) is 18.2. The summed E-state index contributed by atoms with van der Waals surface area (Å²) in [6.45, 7) is 0.205. The normalized spacial score (nSPS) is 23.8. The topological polar surface area (TPSA) is 38.8 Å². The van der Waals surface area contributed by atoms with Crippen molar-refractivity contribution >= 4 is 5.97 Å². The van der Waals surface area contributed by atoms with E-state index in [1.54, 1.807) is 4.90 Å². The van der Waals surface area contributed by atoms with E-state index in [9.17, 15) is 31.1 Å². The molecule has 0 aromatic heterocycles. The predicted octanol–water partition coefficient (Wildman–Crippen LogP) is 2.92. The number of ether oxygens (including phenoxy) is 2. The Hall–Kier alpha value is -1.03. The van der Waals surface area contributed by atoms with Crippen molar-refractivity contribution < 1.29 is 40.6 Å². The van der Waals surface area contributed by atoms with E-state index in [0.717, 1.165) is 7.11 Å². The second-order valence-electron chi connectivity index (χ2n) is 6.55. The molecular weight excluding hydrogens is 344 g/mol. The molecule has 24 heavy (non-hydrogen) atoms. The lowest BCUT2D eigenvalue weighted by atomic mass is 9.89. The Morgan fingerprint density at radius 2 is 1.58 bits per heavy atom. The largest absolute Gasteiger partial charge is 0.490 e. The molecule has 2 fully saturated rings. The van der Waals surface area contributed by atoms with E-state index in [1.807, 2.05) is 0 Å². The zero-order valence-corrected chi connectivity index (χ0v) is 13.1. The maximum atomic E-state index is 13.1. The van der Waals surface area contributed by atoms with Crippen molar-refractivity contribution in [2.24, 2.45) is 5.41 Å². The Bertz CT molecular complexity index is 464. The maximum absolute atomic E-state index is 13.1. The van der Waals surface area contributed by atoms with E-state index in [0.29, 0.717) is 19.4 Å². The summed E-state index contributed by atoms with van der Waals surface area (Å²) < 4.78 is 84.7. The van der Waals surface area contributed by atoms with Crippen molar-refractivity contribution in [2.45, 2.75) is 43.6 Å². The molecule has 0 bridgehead atoms. The summed E-state index contributed by atoms with van der Waals surface area (Å²) in [6, 6.07) is 0. The molecule has 1 saturated carbocycles. The van der Waals surface area contributed by atoms with Crippen molar-refractivity contribution in [3.05, 3.63) is 0 Å². The first-order valence-corrected chi connectivity index (χ1v) is 7.51. The fraction of sp³-hybridized carbons (Fsp3) is 0.929. The van der Waals surface area contributed by atoms with Gasteiger partial charge in [-0.15, -0.1) is 0 Å². The van der Waals surface area contributed by atoms with Gasteiger partial charge in [0.15, 0.2) is 5.60 Å². The maximum Gasteiger partial charge on any atom is 0.490 e. The molecule has 1 aliphatic heterocycles. The molecule has 1 aliphatic carbocycles. The lowest BCUT2D eigenvalue weighted by molar-refractivity contribution is -0.282. The molecular formula is C14H19F6NO3. The average Bonchev–Trinajstić information content (AvgIpc) is 3.23. The van der Waals surface area contributed by atoms with Crippen molar-refractivity contribution in [3.8, 4) is 0 Å². The number of piperidine rings is 1. The number of methoxy groups -OCH3 is 1. The summed E-state index contributed by atoms with van der Waals surface area (Å²) >= 11 is 0. The molecule has 140 valence electrons. The second-order valence-corrected chi connectivity index (χ2v) is 6.55. The van der Waals surface area contributed by atoms with Crippen LogP contribution < -0.4 is 0 Å². The summed E-state index contributed by atoms with van der Waals surface area (Å²) in [7, 11) is 1.03. The molecule has 2 rings (SSSR count). The highest BCUT2D eigenvalue weighted by Gasteiger charge is 2.57. The lowest BCUT2D eigenvalue weighted by Crippen LogP contribution is -2.55. The third-order valence-corrected chi connectivity index (χ3v) is 4.83. The quantitative estimate of drug-likeness (QED) is 0.556. The van der Waals surface area contributed by atoms with Crippen LogP contribution >= 0.6 is 0 Å². The number of nitrogens with zero attached hydrogens (tertiary/aromatic N) is 1. The molecule has 1 heterocycles. The number of esters is 1. The summed E-state index contributed by atoms with van der Waals surface area (Å²) in [6.07, 6.45) is -8.79. The van der Waals surface area contributed by atoms with Crippen LogP contribution in [0.2, 0.25) is 0 Å². The molecule has 0 aromatic rings. The third kappa shape index (κ3) is 4.14. The number of alkyl halides is 6. The van der Waals surface area contributed by atoms with Gasteiger partial charge in [0.05, 0.1) is 6.61 Å². The van der Waals surface area contributed by atoms with Crippen LogP contribution in [-0.4, -0.2) is 62.2 Å².